The van der Waals surface area contributed by atoms with Crippen LogP contribution in [0.3, 0.4) is 0 Å². The second-order valence-electron chi connectivity index (χ2n) is 2.58. The van der Waals surface area contributed by atoms with E-state index < -0.39 is 12.1 Å². The van der Waals surface area contributed by atoms with Crippen molar-refractivity contribution in [3.05, 3.63) is 22.2 Å². The van der Waals surface area contributed by atoms with Crippen LogP contribution in [0.1, 0.15) is 10.4 Å². The van der Waals surface area contributed by atoms with Crippen LogP contribution in [0, 0.1) is 0 Å². The Morgan fingerprint density at radius 3 is 2.47 bits per heavy atom. The Kier molecular flexibility index (Phi) is 3.23. The molecule has 0 atom stereocenters. The summed E-state index contributed by atoms with van der Waals surface area (Å²) >= 11 is 2.97. The molecule has 0 radical (unpaired) electrons. The minimum Gasteiger partial charge on any atom is -0.404 e. The largest absolute Gasteiger partial charge is 0.573 e. The maximum Gasteiger partial charge on any atom is 0.573 e. The molecule has 0 fully saturated rings. The van der Waals surface area contributed by atoms with Crippen LogP contribution in [-0.4, -0.2) is 12.6 Å². The zero-order valence-electron chi connectivity index (χ0n) is 7.14. The molecule has 0 saturated carbocycles. The molecule has 1 aromatic rings. The van der Waals surface area contributed by atoms with Gasteiger partial charge in [0.05, 0.1) is 5.69 Å². The zero-order chi connectivity index (χ0) is 11.6. The zero-order valence-corrected chi connectivity index (χ0v) is 8.72. The van der Waals surface area contributed by atoms with Gasteiger partial charge in [-0.3, -0.25) is 4.79 Å². The summed E-state index contributed by atoms with van der Waals surface area (Å²) < 4.78 is 39.6. The first-order chi connectivity index (χ1) is 6.83. The predicted octanol–water partition coefficient (Wildman–Crippen LogP) is 2.74. The molecule has 0 aromatic heterocycles. The summed E-state index contributed by atoms with van der Waals surface area (Å²) in [5, 5.41) is 0. The van der Waals surface area contributed by atoms with Gasteiger partial charge >= 0.3 is 6.36 Å². The molecule has 15 heavy (non-hydrogen) atoms. The first-order valence-electron chi connectivity index (χ1n) is 3.63. The van der Waals surface area contributed by atoms with Crippen LogP contribution < -0.4 is 10.5 Å². The van der Waals surface area contributed by atoms with Gasteiger partial charge in [0.25, 0.3) is 0 Å². The minimum atomic E-state index is -4.83. The highest BCUT2D eigenvalue weighted by Gasteiger charge is 2.32. The maximum absolute atomic E-state index is 11.9. The second-order valence-corrected chi connectivity index (χ2v) is 3.43. The number of rotatable bonds is 2. The number of anilines is 1. The fraction of sp³-hybridized carbons (Fsp3) is 0.125. The van der Waals surface area contributed by atoms with Crippen LogP contribution in [0.4, 0.5) is 18.9 Å². The Hall–Kier alpha value is -1.24. The molecular weight excluding hydrogens is 279 g/mol. The average molecular weight is 284 g/mol. The van der Waals surface area contributed by atoms with Gasteiger partial charge in [-0.25, -0.2) is 0 Å². The Labute approximate surface area is 91.1 Å². The molecule has 0 aliphatic carbocycles. The quantitative estimate of drug-likeness (QED) is 0.671. The van der Waals surface area contributed by atoms with Gasteiger partial charge in [0.1, 0.15) is 0 Å². The summed E-state index contributed by atoms with van der Waals surface area (Å²) in [6.45, 7) is 0. The van der Waals surface area contributed by atoms with Crippen molar-refractivity contribution < 1.29 is 22.7 Å². The summed E-state index contributed by atoms with van der Waals surface area (Å²) in [4.78, 5) is 10.4. The molecule has 0 heterocycles. The molecule has 82 valence electrons. The molecule has 0 aliphatic heterocycles. The van der Waals surface area contributed by atoms with E-state index in [9.17, 15) is 18.0 Å². The smallest absolute Gasteiger partial charge is 0.404 e. The molecular formula is C8H5BrF3NO2. The van der Waals surface area contributed by atoms with E-state index in [1.54, 1.807) is 0 Å². The van der Waals surface area contributed by atoms with Gasteiger partial charge < -0.3 is 10.5 Å². The standard InChI is InChI=1S/C8H5BrF3NO2/c9-5-2-6(13)7(1-4(5)3-14)15-8(10,11)12/h1-3H,13H2. The van der Waals surface area contributed by atoms with Crippen LogP contribution in [-0.2, 0) is 0 Å². The lowest BCUT2D eigenvalue weighted by Crippen LogP contribution is -2.18. The number of nitrogen functional groups attached to an aromatic ring is 1. The van der Waals surface area contributed by atoms with Crippen LogP contribution in [0.5, 0.6) is 5.75 Å². The highest BCUT2D eigenvalue weighted by molar-refractivity contribution is 9.10. The number of carbonyl (C=O) groups excluding carboxylic acids is 1. The molecule has 0 saturated heterocycles. The summed E-state index contributed by atoms with van der Waals surface area (Å²) in [6, 6.07) is 2.09. The number of hydrogen-bond acceptors (Lipinski definition) is 3. The lowest BCUT2D eigenvalue weighted by molar-refractivity contribution is -0.274. The molecule has 0 bridgehead atoms. The fourth-order valence-electron chi connectivity index (χ4n) is 0.888. The third-order valence-electron chi connectivity index (χ3n) is 1.48. The van der Waals surface area contributed by atoms with Gasteiger partial charge in [0.15, 0.2) is 12.0 Å². The topological polar surface area (TPSA) is 52.3 Å². The number of ether oxygens (including phenoxy) is 1. The lowest BCUT2D eigenvalue weighted by Gasteiger charge is -2.11. The molecule has 2 N–H and O–H groups in total. The van der Waals surface area contributed by atoms with E-state index in [2.05, 4.69) is 20.7 Å². The fourth-order valence-corrected chi connectivity index (χ4v) is 1.34. The highest BCUT2D eigenvalue weighted by Crippen LogP contribution is 2.32. The van der Waals surface area contributed by atoms with Crippen molar-refractivity contribution in [2.75, 3.05) is 5.73 Å². The number of halogens is 4. The van der Waals surface area contributed by atoms with Crippen LogP contribution in [0.15, 0.2) is 16.6 Å². The van der Waals surface area contributed by atoms with Crippen molar-refractivity contribution in [2.24, 2.45) is 0 Å². The molecule has 3 nitrogen and oxygen atoms in total. The van der Waals surface area contributed by atoms with Gasteiger partial charge in [-0.05, 0) is 28.1 Å². The van der Waals surface area contributed by atoms with Gasteiger partial charge in [0.2, 0.25) is 0 Å². The molecule has 0 aliphatic rings. The van der Waals surface area contributed by atoms with Gasteiger partial charge in [-0.15, -0.1) is 13.2 Å². The first-order valence-corrected chi connectivity index (χ1v) is 4.42. The van der Waals surface area contributed by atoms with Gasteiger partial charge in [-0.1, -0.05) is 0 Å². The maximum atomic E-state index is 11.9. The first kappa shape index (κ1) is 11.8. The normalized spacial score (nSPS) is 11.2. The Morgan fingerprint density at radius 1 is 1.40 bits per heavy atom. The Balaban J connectivity index is 3.13. The van der Waals surface area contributed by atoms with Crippen LogP contribution in [0.2, 0.25) is 0 Å². The van der Waals surface area contributed by atoms with Crippen molar-refractivity contribution in [1.82, 2.24) is 0 Å². The molecule has 0 spiro atoms. The number of benzene rings is 1. The number of carbonyl (C=O) groups is 1. The average Bonchev–Trinajstić information content (AvgIpc) is 2.07. The van der Waals surface area contributed by atoms with E-state index in [0.29, 0.717) is 10.8 Å². The van der Waals surface area contributed by atoms with Crippen molar-refractivity contribution in [1.29, 1.82) is 0 Å². The third kappa shape index (κ3) is 3.12. The van der Waals surface area contributed by atoms with Crippen molar-refractivity contribution in [2.45, 2.75) is 6.36 Å². The van der Waals surface area contributed by atoms with Crippen LogP contribution in [0.25, 0.3) is 0 Å². The molecule has 7 heteroatoms. The lowest BCUT2D eigenvalue weighted by atomic mass is 10.2. The van der Waals surface area contributed by atoms with Crippen molar-refractivity contribution in [3.8, 4) is 5.75 Å². The predicted molar refractivity (Wildman–Crippen MR) is 50.6 cm³/mol. The van der Waals surface area contributed by atoms with Crippen molar-refractivity contribution >= 4 is 27.9 Å². The summed E-state index contributed by atoms with van der Waals surface area (Å²) in [5.74, 6) is -0.590. The SMILES string of the molecule is Nc1cc(Br)c(C=O)cc1OC(F)(F)F. The summed E-state index contributed by atoms with van der Waals surface area (Å²) in [7, 11) is 0. The van der Waals surface area contributed by atoms with Gasteiger partial charge in [-0.2, -0.15) is 0 Å². The van der Waals surface area contributed by atoms with E-state index in [4.69, 9.17) is 5.73 Å². The van der Waals surface area contributed by atoms with Crippen LogP contribution >= 0.6 is 15.9 Å². The highest BCUT2D eigenvalue weighted by atomic mass is 79.9. The molecule has 0 amide bonds. The number of hydrogen-bond donors (Lipinski definition) is 1. The van der Waals surface area contributed by atoms with E-state index in [1.165, 1.54) is 6.07 Å². The van der Waals surface area contributed by atoms with E-state index >= 15 is 0 Å². The van der Waals surface area contributed by atoms with E-state index in [0.717, 1.165) is 6.07 Å². The number of alkyl halides is 3. The molecule has 1 rings (SSSR count). The molecule has 0 unspecified atom stereocenters. The van der Waals surface area contributed by atoms with Crippen molar-refractivity contribution in [3.63, 3.8) is 0 Å². The second kappa shape index (κ2) is 4.09. The monoisotopic (exact) mass is 283 g/mol. The molecule has 1 aromatic carbocycles. The Morgan fingerprint density at radius 2 is 2.00 bits per heavy atom. The van der Waals surface area contributed by atoms with E-state index in [-0.39, 0.29) is 11.3 Å². The Bertz CT molecular complexity index is 392. The number of nitrogens with two attached hydrogens (primary N) is 1. The summed E-state index contributed by atoms with van der Waals surface area (Å²) in [5.41, 5.74) is 5.11. The van der Waals surface area contributed by atoms with E-state index in [1.807, 2.05) is 0 Å². The number of aldehydes is 1. The third-order valence-corrected chi connectivity index (χ3v) is 2.17. The summed E-state index contributed by atoms with van der Waals surface area (Å²) in [6.07, 6.45) is -4.44. The van der Waals surface area contributed by atoms with Gasteiger partial charge in [0, 0.05) is 10.0 Å². The minimum absolute atomic E-state index is 0.0310.